The Morgan fingerprint density at radius 2 is 2.10 bits per heavy atom. The first kappa shape index (κ1) is 13.4. The molecule has 3 atom stereocenters. The van der Waals surface area contributed by atoms with E-state index in [9.17, 15) is 4.79 Å². The second-order valence-corrected chi connectivity index (χ2v) is 6.08. The normalized spacial score (nSPS) is 29.6. The van der Waals surface area contributed by atoms with Crippen molar-refractivity contribution in [2.75, 3.05) is 5.73 Å². The number of amides is 1. The zero-order valence-electron chi connectivity index (χ0n) is 11.8. The molecular weight excluding hydrogens is 250 g/mol. The van der Waals surface area contributed by atoms with Crippen molar-refractivity contribution in [1.82, 2.24) is 10.9 Å². The summed E-state index contributed by atoms with van der Waals surface area (Å²) in [5.41, 5.74) is 14.0. The largest absolute Gasteiger partial charge is 0.399 e. The molecule has 1 saturated heterocycles. The van der Waals surface area contributed by atoms with E-state index in [1.165, 1.54) is 24.8 Å². The molecule has 0 radical (unpaired) electrons. The lowest BCUT2D eigenvalue weighted by atomic mass is 9.72. The van der Waals surface area contributed by atoms with Gasteiger partial charge in [-0.05, 0) is 49.3 Å². The van der Waals surface area contributed by atoms with Crippen molar-refractivity contribution >= 4 is 11.6 Å². The van der Waals surface area contributed by atoms with Crippen LogP contribution in [0.15, 0.2) is 24.3 Å². The van der Waals surface area contributed by atoms with Gasteiger partial charge in [-0.1, -0.05) is 25.0 Å². The first-order chi connectivity index (χ1) is 9.74. The van der Waals surface area contributed by atoms with Crippen molar-refractivity contribution in [3.63, 3.8) is 0 Å². The van der Waals surface area contributed by atoms with Crippen LogP contribution in [0.25, 0.3) is 0 Å². The first-order valence-electron chi connectivity index (χ1n) is 7.64. The molecule has 4 heteroatoms. The van der Waals surface area contributed by atoms with Crippen LogP contribution in [0.3, 0.4) is 0 Å². The molecule has 1 aliphatic carbocycles. The lowest BCUT2D eigenvalue weighted by Crippen LogP contribution is -2.59. The lowest BCUT2D eigenvalue weighted by Gasteiger charge is -2.41. The predicted octanol–water partition coefficient (Wildman–Crippen LogP) is 2.01. The highest BCUT2D eigenvalue weighted by Crippen LogP contribution is 2.35. The molecule has 4 nitrogen and oxygen atoms in total. The van der Waals surface area contributed by atoms with Crippen molar-refractivity contribution in [2.24, 2.45) is 11.8 Å². The number of hydrazine groups is 1. The standard InChI is InChI=1S/C16H23N3O/c17-12-5-3-4-11(10-12)8-9-15-13-6-1-2-7-14(13)16(20)19-18-15/h3-5,10,13-15,18H,1-2,6-9,17H2,(H,19,20). The van der Waals surface area contributed by atoms with E-state index in [-0.39, 0.29) is 11.8 Å². The third-order valence-corrected chi connectivity index (χ3v) is 4.75. The molecule has 2 aliphatic rings. The molecule has 108 valence electrons. The molecule has 1 aliphatic heterocycles. The maximum absolute atomic E-state index is 11.9. The van der Waals surface area contributed by atoms with Gasteiger partial charge in [0.25, 0.3) is 0 Å². The Hall–Kier alpha value is -1.55. The van der Waals surface area contributed by atoms with E-state index >= 15 is 0 Å². The number of benzene rings is 1. The molecule has 1 aromatic carbocycles. The average molecular weight is 273 g/mol. The summed E-state index contributed by atoms with van der Waals surface area (Å²) in [6.07, 6.45) is 6.72. The molecule has 0 spiro atoms. The number of fused-ring (bicyclic) bond motifs is 1. The predicted molar refractivity (Wildman–Crippen MR) is 79.7 cm³/mol. The molecule has 1 heterocycles. The Morgan fingerprint density at radius 1 is 1.25 bits per heavy atom. The van der Waals surface area contributed by atoms with E-state index in [1.54, 1.807) is 0 Å². The summed E-state index contributed by atoms with van der Waals surface area (Å²) in [7, 11) is 0. The lowest BCUT2D eigenvalue weighted by molar-refractivity contribution is -0.133. The summed E-state index contributed by atoms with van der Waals surface area (Å²) in [5, 5.41) is 0. The summed E-state index contributed by atoms with van der Waals surface area (Å²) in [6.45, 7) is 0. The maximum Gasteiger partial charge on any atom is 0.237 e. The van der Waals surface area contributed by atoms with E-state index in [4.69, 9.17) is 5.73 Å². The van der Waals surface area contributed by atoms with Gasteiger partial charge in [0.2, 0.25) is 5.91 Å². The third kappa shape index (κ3) is 2.80. The van der Waals surface area contributed by atoms with Crippen molar-refractivity contribution in [3.05, 3.63) is 29.8 Å². The third-order valence-electron chi connectivity index (χ3n) is 4.75. The molecule has 1 aromatic rings. The van der Waals surface area contributed by atoms with Crippen LogP contribution in [0.1, 0.15) is 37.7 Å². The SMILES string of the molecule is Nc1cccc(CCC2NNC(=O)C3CCCCC23)c1. The van der Waals surface area contributed by atoms with Crippen molar-refractivity contribution < 1.29 is 4.79 Å². The van der Waals surface area contributed by atoms with Crippen molar-refractivity contribution in [2.45, 2.75) is 44.6 Å². The molecule has 3 unspecified atom stereocenters. The van der Waals surface area contributed by atoms with E-state index in [2.05, 4.69) is 16.9 Å². The van der Waals surface area contributed by atoms with Crippen LogP contribution in [0.2, 0.25) is 0 Å². The maximum atomic E-state index is 11.9. The zero-order chi connectivity index (χ0) is 13.9. The van der Waals surface area contributed by atoms with Crippen LogP contribution in [-0.4, -0.2) is 11.9 Å². The van der Waals surface area contributed by atoms with Crippen LogP contribution in [-0.2, 0) is 11.2 Å². The monoisotopic (exact) mass is 273 g/mol. The molecule has 1 amide bonds. The minimum Gasteiger partial charge on any atom is -0.399 e. The van der Waals surface area contributed by atoms with E-state index in [0.717, 1.165) is 24.9 Å². The molecule has 1 saturated carbocycles. The summed E-state index contributed by atoms with van der Waals surface area (Å²) >= 11 is 0. The van der Waals surface area contributed by atoms with Gasteiger partial charge in [-0.25, -0.2) is 5.43 Å². The van der Waals surface area contributed by atoms with E-state index in [1.807, 2.05) is 18.2 Å². The Morgan fingerprint density at radius 3 is 2.95 bits per heavy atom. The summed E-state index contributed by atoms with van der Waals surface area (Å²) in [4.78, 5) is 11.9. The number of carbonyl (C=O) groups excluding carboxylic acids is 1. The highest BCUT2D eigenvalue weighted by molar-refractivity contribution is 5.79. The van der Waals surface area contributed by atoms with Crippen LogP contribution in [0, 0.1) is 11.8 Å². The number of rotatable bonds is 3. The minimum atomic E-state index is 0.190. The molecule has 2 fully saturated rings. The Kier molecular flexibility index (Phi) is 3.92. The van der Waals surface area contributed by atoms with Gasteiger partial charge in [-0.3, -0.25) is 10.2 Å². The van der Waals surface area contributed by atoms with Gasteiger partial charge in [-0.15, -0.1) is 0 Å². The van der Waals surface area contributed by atoms with E-state index < -0.39 is 0 Å². The number of carbonyl (C=O) groups is 1. The minimum absolute atomic E-state index is 0.190. The summed E-state index contributed by atoms with van der Waals surface area (Å²) in [5.74, 6) is 0.907. The van der Waals surface area contributed by atoms with Gasteiger partial charge in [0.15, 0.2) is 0 Å². The Balaban J connectivity index is 1.63. The second-order valence-electron chi connectivity index (χ2n) is 6.08. The highest BCUT2D eigenvalue weighted by Gasteiger charge is 2.39. The van der Waals surface area contributed by atoms with Crippen LogP contribution in [0.5, 0.6) is 0 Å². The number of hydrogen-bond donors (Lipinski definition) is 3. The number of anilines is 1. The fourth-order valence-electron chi connectivity index (χ4n) is 3.69. The van der Waals surface area contributed by atoms with Gasteiger partial charge in [-0.2, -0.15) is 0 Å². The van der Waals surface area contributed by atoms with E-state index in [0.29, 0.717) is 12.0 Å². The van der Waals surface area contributed by atoms with Gasteiger partial charge in [0, 0.05) is 17.6 Å². The van der Waals surface area contributed by atoms with Crippen LogP contribution in [0.4, 0.5) is 5.69 Å². The van der Waals surface area contributed by atoms with Crippen LogP contribution < -0.4 is 16.6 Å². The molecule has 4 N–H and O–H groups in total. The first-order valence-corrected chi connectivity index (χ1v) is 7.64. The number of nitrogens with one attached hydrogen (secondary N) is 2. The average Bonchev–Trinajstić information content (AvgIpc) is 2.47. The van der Waals surface area contributed by atoms with Crippen LogP contribution >= 0.6 is 0 Å². The van der Waals surface area contributed by atoms with Gasteiger partial charge in [0.05, 0.1) is 0 Å². The fourth-order valence-corrected chi connectivity index (χ4v) is 3.69. The van der Waals surface area contributed by atoms with Gasteiger partial charge >= 0.3 is 0 Å². The van der Waals surface area contributed by atoms with Gasteiger partial charge < -0.3 is 5.73 Å². The van der Waals surface area contributed by atoms with Crippen molar-refractivity contribution in [3.8, 4) is 0 Å². The smallest absolute Gasteiger partial charge is 0.237 e. The zero-order valence-corrected chi connectivity index (χ0v) is 11.8. The number of hydrogen-bond acceptors (Lipinski definition) is 3. The molecular formula is C16H23N3O. The highest BCUT2D eigenvalue weighted by atomic mass is 16.2. The quantitative estimate of drug-likeness (QED) is 0.738. The Labute approximate surface area is 120 Å². The topological polar surface area (TPSA) is 67.2 Å². The summed E-state index contributed by atoms with van der Waals surface area (Å²) in [6, 6.07) is 8.47. The number of aryl methyl sites for hydroxylation is 1. The molecule has 0 aromatic heterocycles. The number of nitrogen functional groups attached to an aromatic ring is 1. The molecule has 20 heavy (non-hydrogen) atoms. The molecule has 0 bridgehead atoms. The molecule has 3 rings (SSSR count). The Bertz CT molecular complexity index is 488. The van der Waals surface area contributed by atoms with Gasteiger partial charge in [0.1, 0.15) is 0 Å². The number of nitrogens with two attached hydrogens (primary N) is 1. The fraction of sp³-hybridized carbons (Fsp3) is 0.562. The summed E-state index contributed by atoms with van der Waals surface area (Å²) < 4.78 is 0. The van der Waals surface area contributed by atoms with Crippen molar-refractivity contribution in [1.29, 1.82) is 0 Å². The second kappa shape index (κ2) is 5.83.